The van der Waals surface area contributed by atoms with E-state index in [-0.39, 0.29) is 0 Å². The van der Waals surface area contributed by atoms with Crippen molar-refractivity contribution in [1.29, 1.82) is 0 Å². The monoisotopic (exact) mass is 177 g/mol. The normalized spacial score (nSPS) is 5.50. The highest BCUT2D eigenvalue weighted by Gasteiger charge is 1.58. The molecule has 0 aliphatic carbocycles. The number of hydrogen-bond donors (Lipinski definition) is 0. The molecule has 1 nitrogen and oxygen atoms in total. The summed E-state index contributed by atoms with van der Waals surface area (Å²) in [6.07, 6.45) is 3.50. The van der Waals surface area contributed by atoms with E-state index in [9.17, 15) is 0 Å². The molecule has 0 spiro atoms. The maximum absolute atomic E-state index is 8.00. The quantitative estimate of drug-likeness (QED) is 0.584. The van der Waals surface area contributed by atoms with Crippen molar-refractivity contribution in [1.82, 2.24) is 4.98 Å². The van der Waals surface area contributed by atoms with Crippen molar-refractivity contribution < 1.29 is 9.15 Å². The summed E-state index contributed by atoms with van der Waals surface area (Å²) in [7, 11) is 0. The molecule has 0 saturated heterocycles. The van der Waals surface area contributed by atoms with Crippen LogP contribution in [0, 0.1) is 0 Å². The molecule has 1 rings (SSSR count). The summed E-state index contributed by atoms with van der Waals surface area (Å²) in [6, 6.07) is 5.72. The molecule has 0 unspecified atom stereocenters. The van der Waals surface area contributed by atoms with Crippen LogP contribution in [0.15, 0.2) is 30.6 Å². The molecular formula is C9H17F2N. The van der Waals surface area contributed by atoms with Gasteiger partial charge in [-0.1, -0.05) is 33.8 Å². The Morgan fingerprint density at radius 2 is 1.08 bits per heavy atom. The van der Waals surface area contributed by atoms with E-state index in [4.69, 9.17) is 9.15 Å². The summed E-state index contributed by atoms with van der Waals surface area (Å²) < 4.78 is 16.0. The molecule has 0 N–H and O–H groups in total. The summed E-state index contributed by atoms with van der Waals surface area (Å²) in [5.74, 6) is 0. The molecule has 0 aliphatic heterocycles. The van der Waals surface area contributed by atoms with Gasteiger partial charge in [0, 0.05) is 21.5 Å². The van der Waals surface area contributed by atoms with Crippen molar-refractivity contribution >= 4 is 0 Å². The zero-order valence-electron chi connectivity index (χ0n) is 8.09. The SMILES string of the molecule is CC.CC.FF.c1ccncc1. The summed E-state index contributed by atoms with van der Waals surface area (Å²) in [5.41, 5.74) is 0. The number of pyridine rings is 1. The molecule has 1 aromatic rings. The van der Waals surface area contributed by atoms with E-state index in [0.717, 1.165) is 0 Å². The average molecular weight is 177 g/mol. The van der Waals surface area contributed by atoms with Gasteiger partial charge in [0.25, 0.3) is 0 Å². The van der Waals surface area contributed by atoms with E-state index >= 15 is 0 Å². The van der Waals surface area contributed by atoms with Crippen LogP contribution in [-0.2, 0) is 0 Å². The Hall–Kier alpha value is -0.990. The molecule has 0 radical (unpaired) electrons. The van der Waals surface area contributed by atoms with Crippen molar-refractivity contribution in [3.63, 3.8) is 0 Å². The van der Waals surface area contributed by atoms with Crippen LogP contribution in [0.5, 0.6) is 0 Å². The number of halogens is 2. The van der Waals surface area contributed by atoms with E-state index in [1.807, 2.05) is 45.9 Å². The number of rotatable bonds is 0. The average Bonchev–Trinajstić information content (AvgIpc) is 2.29. The predicted molar refractivity (Wildman–Crippen MR) is 49.1 cm³/mol. The van der Waals surface area contributed by atoms with Crippen molar-refractivity contribution in [2.45, 2.75) is 27.7 Å². The zero-order valence-corrected chi connectivity index (χ0v) is 8.09. The zero-order chi connectivity index (χ0) is 10.2. The second kappa shape index (κ2) is 32.4. The fraction of sp³-hybridized carbons (Fsp3) is 0.444. The first-order chi connectivity index (χ1) is 6.00. The lowest BCUT2D eigenvalue weighted by Gasteiger charge is -1.70. The van der Waals surface area contributed by atoms with Crippen LogP contribution >= 0.6 is 0 Å². The van der Waals surface area contributed by atoms with Gasteiger partial charge in [-0.3, -0.25) is 4.98 Å². The third-order valence-corrected chi connectivity index (χ3v) is 0.566. The van der Waals surface area contributed by atoms with Crippen LogP contribution in [0.2, 0.25) is 0 Å². The first kappa shape index (κ1) is 17.2. The molecule has 0 fully saturated rings. The minimum atomic E-state index is 1.75. The fourth-order valence-corrected chi connectivity index (χ4v) is 0.313. The van der Waals surface area contributed by atoms with Gasteiger partial charge < -0.3 is 0 Å². The summed E-state index contributed by atoms with van der Waals surface area (Å²) in [4.78, 5) is 3.78. The van der Waals surface area contributed by atoms with Crippen molar-refractivity contribution in [2.24, 2.45) is 0 Å². The van der Waals surface area contributed by atoms with Crippen molar-refractivity contribution in [3.8, 4) is 0 Å². The van der Waals surface area contributed by atoms with Gasteiger partial charge in [0.05, 0.1) is 0 Å². The maximum atomic E-state index is 8.00. The second-order valence-corrected chi connectivity index (χ2v) is 1.02. The van der Waals surface area contributed by atoms with Gasteiger partial charge in [0.2, 0.25) is 0 Å². The third kappa shape index (κ3) is 23.0. The molecule has 0 amide bonds. The highest BCUT2D eigenvalue weighted by molar-refractivity contribution is 4.88. The Kier molecular flexibility index (Phi) is 46.4. The van der Waals surface area contributed by atoms with E-state index in [0.29, 0.717) is 0 Å². The standard InChI is InChI=1S/C5H5N.2C2H6.F2/c1-2-4-6-5-3-1;3*1-2/h1-5H;2*1-2H3;. The van der Waals surface area contributed by atoms with Gasteiger partial charge in [-0.2, -0.15) is 0 Å². The smallest absolute Gasteiger partial charge is 0.0267 e. The predicted octanol–water partition coefficient (Wildman–Crippen LogP) is 3.97. The van der Waals surface area contributed by atoms with Crippen molar-refractivity contribution in [3.05, 3.63) is 30.6 Å². The Labute approximate surface area is 73.3 Å². The molecule has 12 heavy (non-hydrogen) atoms. The first-order valence-electron chi connectivity index (χ1n) is 3.99. The van der Waals surface area contributed by atoms with Crippen LogP contribution in [0.25, 0.3) is 0 Å². The molecule has 3 heteroatoms. The highest BCUT2D eigenvalue weighted by Crippen LogP contribution is 1.73. The van der Waals surface area contributed by atoms with E-state index in [1.54, 1.807) is 12.4 Å². The topological polar surface area (TPSA) is 12.9 Å². The third-order valence-electron chi connectivity index (χ3n) is 0.566. The maximum Gasteiger partial charge on any atom is 0.0267 e. The second-order valence-electron chi connectivity index (χ2n) is 1.02. The summed E-state index contributed by atoms with van der Waals surface area (Å²) in [5, 5.41) is 0. The number of hydrogen-bond acceptors (Lipinski definition) is 1. The lowest BCUT2D eigenvalue weighted by molar-refractivity contribution is 0.108. The minimum absolute atomic E-state index is 1.75. The van der Waals surface area contributed by atoms with Crippen LogP contribution < -0.4 is 0 Å². The van der Waals surface area contributed by atoms with E-state index in [1.165, 1.54) is 0 Å². The van der Waals surface area contributed by atoms with Crippen LogP contribution in [0.3, 0.4) is 0 Å². The molecule has 0 aromatic carbocycles. The van der Waals surface area contributed by atoms with Crippen molar-refractivity contribution in [2.75, 3.05) is 0 Å². The van der Waals surface area contributed by atoms with Gasteiger partial charge in [-0.05, 0) is 12.1 Å². The molecular weight excluding hydrogens is 160 g/mol. The largest absolute Gasteiger partial charge is 0.265 e. The molecule has 0 bridgehead atoms. The lowest BCUT2D eigenvalue weighted by Crippen LogP contribution is -1.58. The molecule has 72 valence electrons. The Balaban J connectivity index is -0.000000117. The Morgan fingerprint density at radius 1 is 0.750 bits per heavy atom. The molecule has 1 heterocycles. The highest BCUT2D eigenvalue weighted by atomic mass is 20.0. The summed E-state index contributed by atoms with van der Waals surface area (Å²) >= 11 is 0. The van der Waals surface area contributed by atoms with Crippen LogP contribution in [0.1, 0.15) is 27.7 Å². The summed E-state index contributed by atoms with van der Waals surface area (Å²) in [6.45, 7) is 8.00. The van der Waals surface area contributed by atoms with Gasteiger partial charge in [0.1, 0.15) is 0 Å². The molecule has 1 aromatic heterocycles. The first-order valence-corrected chi connectivity index (χ1v) is 3.99. The van der Waals surface area contributed by atoms with E-state index in [2.05, 4.69) is 4.98 Å². The van der Waals surface area contributed by atoms with Gasteiger partial charge in [0.15, 0.2) is 0 Å². The van der Waals surface area contributed by atoms with Crippen LogP contribution in [-0.4, -0.2) is 4.98 Å². The van der Waals surface area contributed by atoms with Crippen LogP contribution in [0.4, 0.5) is 9.15 Å². The Bertz CT molecular complexity index is 84.5. The Morgan fingerprint density at radius 3 is 1.17 bits per heavy atom. The fourth-order valence-electron chi connectivity index (χ4n) is 0.313. The van der Waals surface area contributed by atoms with E-state index < -0.39 is 0 Å². The molecule has 0 saturated carbocycles. The number of nitrogens with zero attached hydrogens (tertiary/aromatic N) is 1. The minimum Gasteiger partial charge on any atom is -0.265 e. The van der Waals surface area contributed by atoms with Gasteiger partial charge in [-0.15, -0.1) is 0 Å². The lowest BCUT2D eigenvalue weighted by atomic mass is 10.5. The molecule has 0 aliphatic rings. The van der Waals surface area contributed by atoms with Gasteiger partial charge >= 0.3 is 0 Å². The number of aromatic nitrogens is 1. The van der Waals surface area contributed by atoms with Gasteiger partial charge in [-0.25, -0.2) is 0 Å². The molecule has 0 atom stereocenters.